The first-order valence-corrected chi connectivity index (χ1v) is 8.41. The van der Waals surface area contributed by atoms with Crippen LogP contribution in [0.25, 0.3) is 5.57 Å². The summed E-state index contributed by atoms with van der Waals surface area (Å²) >= 11 is 0. The van der Waals surface area contributed by atoms with E-state index in [1.54, 1.807) is 0 Å². The van der Waals surface area contributed by atoms with Gasteiger partial charge in [0.1, 0.15) is 0 Å². The summed E-state index contributed by atoms with van der Waals surface area (Å²) in [5.74, 6) is -1.31. The molecule has 0 bridgehead atoms. The maximum absolute atomic E-state index is 13.2. The van der Waals surface area contributed by atoms with Crippen molar-refractivity contribution in [1.29, 1.82) is 0 Å². The molecule has 0 fully saturated rings. The fourth-order valence-electron chi connectivity index (χ4n) is 2.69. The number of alkyl halides is 3. The molecule has 2 aromatic rings. The zero-order chi connectivity index (χ0) is 20.9. The Kier molecular flexibility index (Phi) is 6.61. The molecule has 2 N–H and O–H groups in total. The predicted octanol–water partition coefficient (Wildman–Crippen LogP) is 4.77. The summed E-state index contributed by atoms with van der Waals surface area (Å²) in [5, 5.41) is 11.9. The number of nitrogens with one attached hydrogen (secondary N) is 1. The summed E-state index contributed by atoms with van der Waals surface area (Å²) in [5.41, 5.74) is -0.0575. The Hall–Kier alpha value is -3.10. The fraction of sp³-hybridized carbons (Fsp3) is 0.316. The second-order valence-corrected chi connectivity index (χ2v) is 6.07. The molecule has 2 rings (SSSR count). The molecule has 1 atom stereocenters. The Morgan fingerprint density at radius 1 is 1.32 bits per heavy atom. The van der Waals surface area contributed by atoms with Gasteiger partial charge in [-0.3, -0.25) is 4.79 Å². The minimum atomic E-state index is -4.61. The van der Waals surface area contributed by atoms with Gasteiger partial charge in [0.25, 0.3) is 0 Å². The van der Waals surface area contributed by atoms with Crippen molar-refractivity contribution in [2.75, 3.05) is 12.4 Å². The number of benzene rings is 1. The minimum absolute atomic E-state index is 0.117. The molecule has 6 nitrogen and oxygen atoms in total. The molecule has 0 aliphatic rings. The van der Waals surface area contributed by atoms with Crippen molar-refractivity contribution in [3.63, 3.8) is 0 Å². The number of ether oxygens (including phenoxy) is 1. The third-order valence-electron chi connectivity index (χ3n) is 4.19. The van der Waals surface area contributed by atoms with E-state index in [2.05, 4.69) is 21.9 Å². The summed E-state index contributed by atoms with van der Waals surface area (Å²) < 4.78 is 44.5. The number of nitrogens with zero attached hydrogens (tertiary/aromatic N) is 2. The second kappa shape index (κ2) is 8.73. The number of anilines is 2. The van der Waals surface area contributed by atoms with E-state index in [4.69, 9.17) is 9.84 Å². The predicted molar refractivity (Wildman–Crippen MR) is 98.7 cm³/mol. The normalized spacial score (nSPS) is 12.3. The van der Waals surface area contributed by atoms with Gasteiger partial charge in [-0.05, 0) is 24.0 Å². The average molecular weight is 395 g/mol. The molecule has 0 radical (unpaired) electrons. The van der Waals surface area contributed by atoms with Gasteiger partial charge in [-0.1, -0.05) is 25.6 Å². The van der Waals surface area contributed by atoms with Gasteiger partial charge in [0.05, 0.1) is 37.2 Å². The van der Waals surface area contributed by atoms with Crippen LogP contribution in [0.15, 0.2) is 37.2 Å². The molecule has 1 heterocycles. The quantitative estimate of drug-likeness (QED) is 0.670. The van der Waals surface area contributed by atoms with Gasteiger partial charge in [0.2, 0.25) is 0 Å². The van der Waals surface area contributed by atoms with Crippen LogP contribution in [-0.2, 0) is 4.79 Å². The standard InChI is InChI=1S/C19H20F3N3O3/c1-4-12(8-17(26)27)13-5-6-15(11(2)19(20,21)22)16(7-13)25-14-9-23-18(28-3)24-10-14/h5-7,9-10,12,25H,2,4,8H2,1,3H3,(H,26,27)/t12-/m0/s1. The lowest BCUT2D eigenvalue weighted by Crippen LogP contribution is -2.12. The van der Waals surface area contributed by atoms with E-state index < -0.39 is 17.7 Å². The third-order valence-corrected chi connectivity index (χ3v) is 4.19. The second-order valence-electron chi connectivity index (χ2n) is 6.07. The van der Waals surface area contributed by atoms with E-state index in [1.807, 2.05) is 6.92 Å². The number of carboxylic acids is 1. The van der Waals surface area contributed by atoms with Crippen molar-refractivity contribution in [2.45, 2.75) is 31.9 Å². The van der Waals surface area contributed by atoms with Crippen molar-refractivity contribution >= 4 is 22.9 Å². The van der Waals surface area contributed by atoms with Gasteiger partial charge in [0.15, 0.2) is 0 Å². The highest BCUT2D eigenvalue weighted by Crippen LogP contribution is 2.38. The highest BCUT2D eigenvalue weighted by Gasteiger charge is 2.34. The molecular weight excluding hydrogens is 375 g/mol. The molecule has 9 heteroatoms. The van der Waals surface area contributed by atoms with Gasteiger partial charge in [-0.15, -0.1) is 0 Å². The average Bonchev–Trinajstić information content (AvgIpc) is 2.65. The first-order valence-electron chi connectivity index (χ1n) is 8.41. The van der Waals surface area contributed by atoms with E-state index in [-0.39, 0.29) is 29.6 Å². The smallest absolute Gasteiger partial charge is 0.416 e. The van der Waals surface area contributed by atoms with Crippen LogP contribution in [-0.4, -0.2) is 34.3 Å². The number of rotatable bonds is 8. The fourth-order valence-corrected chi connectivity index (χ4v) is 2.69. The zero-order valence-electron chi connectivity index (χ0n) is 15.4. The lowest BCUT2D eigenvalue weighted by Gasteiger charge is -2.20. The van der Waals surface area contributed by atoms with Crippen LogP contribution >= 0.6 is 0 Å². The number of allylic oxidation sites excluding steroid dienone is 1. The number of aliphatic carboxylic acids is 1. The molecule has 0 aliphatic heterocycles. The SMILES string of the molecule is C=C(c1ccc([C@@H](CC)CC(=O)O)cc1Nc1cnc(OC)nc1)C(F)(F)F. The Bertz CT molecular complexity index is 852. The molecule has 0 spiro atoms. The summed E-state index contributed by atoms with van der Waals surface area (Å²) in [4.78, 5) is 18.9. The molecule has 1 aromatic carbocycles. The molecule has 0 aliphatic carbocycles. The largest absolute Gasteiger partial charge is 0.481 e. The molecular formula is C19H20F3N3O3. The van der Waals surface area contributed by atoms with E-state index in [1.165, 1.54) is 37.7 Å². The lowest BCUT2D eigenvalue weighted by molar-refractivity contribution is -0.137. The topological polar surface area (TPSA) is 84.3 Å². The van der Waals surface area contributed by atoms with Gasteiger partial charge in [-0.25, -0.2) is 9.97 Å². The van der Waals surface area contributed by atoms with Gasteiger partial charge >= 0.3 is 18.2 Å². The van der Waals surface area contributed by atoms with Crippen LogP contribution in [0.3, 0.4) is 0 Å². The van der Waals surface area contributed by atoms with Crippen molar-refractivity contribution in [1.82, 2.24) is 9.97 Å². The van der Waals surface area contributed by atoms with Crippen molar-refractivity contribution in [2.24, 2.45) is 0 Å². The van der Waals surface area contributed by atoms with Crippen LogP contribution in [0, 0.1) is 0 Å². The number of aromatic nitrogens is 2. The number of hydrogen-bond donors (Lipinski definition) is 2. The van der Waals surface area contributed by atoms with Crippen molar-refractivity contribution in [3.8, 4) is 6.01 Å². The summed E-state index contributed by atoms with van der Waals surface area (Å²) in [6, 6.07) is 4.42. The first-order chi connectivity index (χ1) is 13.2. The maximum atomic E-state index is 13.2. The minimum Gasteiger partial charge on any atom is -0.481 e. The van der Waals surface area contributed by atoms with Gasteiger partial charge in [0, 0.05) is 11.3 Å². The molecule has 0 saturated heterocycles. The van der Waals surface area contributed by atoms with E-state index >= 15 is 0 Å². The highest BCUT2D eigenvalue weighted by atomic mass is 19.4. The summed E-state index contributed by atoms with van der Waals surface area (Å²) in [6.07, 6.45) is -1.47. The Labute approximate surface area is 160 Å². The molecule has 0 amide bonds. The molecule has 150 valence electrons. The molecule has 0 unspecified atom stereocenters. The van der Waals surface area contributed by atoms with E-state index in [9.17, 15) is 18.0 Å². The summed E-state index contributed by atoms with van der Waals surface area (Å²) in [7, 11) is 1.39. The Balaban J connectivity index is 2.47. The Morgan fingerprint density at radius 2 is 1.96 bits per heavy atom. The number of halogens is 3. The van der Waals surface area contributed by atoms with E-state index in [0.29, 0.717) is 17.7 Å². The van der Waals surface area contributed by atoms with Crippen molar-refractivity contribution in [3.05, 3.63) is 48.3 Å². The van der Waals surface area contributed by atoms with Crippen LogP contribution in [0.2, 0.25) is 0 Å². The van der Waals surface area contributed by atoms with Gasteiger partial charge < -0.3 is 15.2 Å². The Morgan fingerprint density at radius 3 is 2.46 bits per heavy atom. The monoisotopic (exact) mass is 395 g/mol. The summed E-state index contributed by atoms with van der Waals surface area (Å²) in [6.45, 7) is 4.98. The number of hydrogen-bond acceptors (Lipinski definition) is 5. The molecule has 0 saturated carbocycles. The zero-order valence-corrected chi connectivity index (χ0v) is 15.4. The van der Waals surface area contributed by atoms with Crippen LogP contribution < -0.4 is 10.1 Å². The number of methoxy groups -OCH3 is 1. The van der Waals surface area contributed by atoms with Crippen LogP contribution in [0.5, 0.6) is 6.01 Å². The molecule has 28 heavy (non-hydrogen) atoms. The third kappa shape index (κ3) is 5.21. The highest BCUT2D eigenvalue weighted by molar-refractivity contribution is 5.81. The van der Waals surface area contributed by atoms with Crippen molar-refractivity contribution < 1.29 is 27.8 Å². The maximum Gasteiger partial charge on any atom is 0.416 e. The number of carbonyl (C=O) groups is 1. The van der Waals surface area contributed by atoms with Crippen LogP contribution in [0.1, 0.15) is 36.8 Å². The lowest BCUT2D eigenvalue weighted by atomic mass is 9.90. The van der Waals surface area contributed by atoms with E-state index in [0.717, 1.165) is 0 Å². The number of carboxylic acid groups (broad SMARTS) is 1. The molecule has 1 aromatic heterocycles. The first kappa shape index (κ1) is 21.2. The van der Waals surface area contributed by atoms with Crippen LogP contribution in [0.4, 0.5) is 24.5 Å². The van der Waals surface area contributed by atoms with Gasteiger partial charge in [-0.2, -0.15) is 13.2 Å².